The average molecular weight is 256 g/mol. The van der Waals surface area contributed by atoms with Crippen molar-refractivity contribution in [3.63, 3.8) is 0 Å². The number of nitrogens with zero attached hydrogens (tertiary/aromatic N) is 3. The molecule has 6 nitrogen and oxygen atoms in total. The van der Waals surface area contributed by atoms with Crippen molar-refractivity contribution < 1.29 is 8.42 Å². The molecule has 0 spiro atoms. The standard InChI is InChI=1S/C10H16N4O2S/c11-7-3-1-5-14-10(7)12-9(13-14)8-4-2-6-17(8,15)16/h7-8H,1-6,11H2. The van der Waals surface area contributed by atoms with E-state index in [1.54, 1.807) is 4.68 Å². The van der Waals surface area contributed by atoms with Crippen molar-refractivity contribution in [1.29, 1.82) is 0 Å². The second-order valence-electron chi connectivity index (χ2n) is 4.80. The van der Waals surface area contributed by atoms with Crippen LogP contribution in [0.4, 0.5) is 0 Å². The van der Waals surface area contributed by atoms with Gasteiger partial charge in [-0.3, -0.25) is 0 Å². The molecule has 94 valence electrons. The van der Waals surface area contributed by atoms with Gasteiger partial charge < -0.3 is 5.73 Å². The molecule has 7 heteroatoms. The van der Waals surface area contributed by atoms with Gasteiger partial charge in [-0.25, -0.2) is 18.1 Å². The molecule has 3 rings (SSSR count). The van der Waals surface area contributed by atoms with Crippen molar-refractivity contribution in [1.82, 2.24) is 14.8 Å². The van der Waals surface area contributed by atoms with Crippen molar-refractivity contribution in [2.75, 3.05) is 5.75 Å². The number of rotatable bonds is 1. The zero-order valence-corrected chi connectivity index (χ0v) is 10.4. The highest BCUT2D eigenvalue weighted by Gasteiger charge is 2.37. The SMILES string of the molecule is NC1CCCn2nc(C3CCCS3(=O)=O)nc21. The first-order chi connectivity index (χ1) is 8.08. The van der Waals surface area contributed by atoms with Crippen molar-refractivity contribution >= 4 is 9.84 Å². The lowest BCUT2D eigenvalue weighted by Gasteiger charge is -2.17. The second-order valence-corrected chi connectivity index (χ2v) is 7.10. The van der Waals surface area contributed by atoms with Crippen LogP contribution in [0.2, 0.25) is 0 Å². The zero-order valence-electron chi connectivity index (χ0n) is 9.54. The molecule has 1 aromatic rings. The van der Waals surface area contributed by atoms with E-state index in [4.69, 9.17) is 5.73 Å². The summed E-state index contributed by atoms with van der Waals surface area (Å²) in [6.45, 7) is 0.794. The number of aromatic nitrogens is 3. The molecule has 2 aliphatic rings. The minimum absolute atomic E-state index is 0.103. The number of aryl methyl sites for hydroxylation is 1. The quantitative estimate of drug-likeness (QED) is 0.781. The molecule has 2 unspecified atom stereocenters. The first-order valence-corrected chi connectivity index (χ1v) is 7.71. The maximum absolute atomic E-state index is 11.8. The molecule has 1 fully saturated rings. The van der Waals surface area contributed by atoms with Gasteiger partial charge in [0.15, 0.2) is 15.7 Å². The van der Waals surface area contributed by atoms with E-state index in [0.717, 1.165) is 25.2 Å². The van der Waals surface area contributed by atoms with Crippen molar-refractivity contribution in [3.8, 4) is 0 Å². The summed E-state index contributed by atoms with van der Waals surface area (Å²) in [6, 6.07) is -0.103. The molecular formula is C10H16N4O2S. The molecule has 17 heavy (non-hydrogen) atoms. The Morgan fingerprint density at radius 3 is 2.76 bits per heavy atom. The minimum Gasteiger partial charge on any atom is -0.321 e. The summed E-state index contributed by atoms with van der Waals surface area (Å²) in [5.41, 5.74) is 5.95. The van der Waals surface area contributed by atoms with Crippen molar-refractivity contribution in [3.05, 3.63) is 11.6 Å². The summed E-state index contributed by atoms with van der Waals surface area (Å²) >= 11 is 0. The zero-order chi connectivity index (χ0) is 12.0. The van der Waals surface area contributed by atoms with Crippen LogP contribution in [0.5, 0.6) is 0 Å². The third-order valence-electron chi connectivity index (χ3n) is 3.55. The maximum atomic E-state index is 11.8. The van der Waals surface area contributed by atoms with Gasteiger partial charge in [-0.2, -0.15) is 5.10 Å². The average Bonchev–Trinajstić information content (AvgIpc) is 2.81. The van der Waals surface area contributed by atoms with Crippen LogP contribution in [0.3, 0.4) is 0 Å². The molecule has 3 heterocycles. The number of hydrogen-bond donors (Lipinski definition) is 1. The molecule has 0 aliphatic carbocycles. The van der Waals surface area contributed by atoms with E-state index in [0.29, 0.717) is 18.7 Å². The van der Waals surface area contributed by atoms with Crippen molar-refractivity contribution in [2.24, 2.45) is 5.73 Å². The molecule has 2 N–H and O–H groups in total. The van der Waals surface area contributed by atoms with E-state index in [-0.39, 0.29) is 11.8 Å². The fourth-order valence-corrected chi connectivity index (χ4v) is 4.42. The lowest BCUT2D eigenvalue weighted by atomic mass is 10.1. The fourth-order valence-electron chi connectivity index (χ4n) is 2.62. The maximum Gasteiger partial charge on any atom is 0.169 e. The molecular weight excluding hydrogens is 240 g/mol. The van der Waals surface area contributed by atoms with Gasteiger partial charge in [0, 0.05) is 6.54 Å². The van der Waals surface area contributed by atoms with Gasteiger partial charge >= 0.3 is 0 Å². The summed E-state index contributed by atoms with van der Waals surface area (Å²) in [7, 11) is -3.04. The number of fused-ring (bicyclic) bond motifs is 1. The molecule has 0 radical (unpaired) electrons. The van der Waals surface area contributed by atoms with Gasteiger partial charge in [-0.05, 0) is 25.7 Å². The third-order valence-corrected chi connectivity index (χ3v) is 5.72. The Morgan fingerprint density at radius 2 is 2.12 bits per heavy atom. The molecule has 2 aliphatic heterocycles. The molecule has 0 saturated carbocycles. The Morgan fingerprint density at radius 1 is 1.29 bits per heavy atom. The van der Waals surface area contributed by atoms with Crippen LogP contribution in [0.25, 0.3) is 0 Å². The van der Waals surface area contributed by atoms with E-state index < -0.39 is 15.1 Å². The Balaban J connectivity index is 2.00. The first kappa shape index (κ1) is 11.2. The summed E-state index contributed by atoms with van der Waals surface area (Å²) < 4.78 is 25.4. The predicted octanol–water partition coefficient (Wildman–Crippen LogP) is 0.321. The summed E-state index contributed by atoms with van der Waals surface area (Å²) in [6.07, 6.45) is 3.23. The van der Waals surface area contributed by atoms with E-state index in [2.05, 4.69) is 10.1 Å². The number of sulfone groups is 1. The van der Waals surface area contributed by atoms with Gasteiger partial charge in [0.05, 0.1) is 11.8 Å². The van der Waals surface area contributed by atoms with Crippen LogP contribution in [0, 0.1) is 0 Å². The summed E-state index contributed by atoms with van der Waals surface area (Å²) in [5, 5.41) is 3.82. The Hall–Kier alpha value is -0.950. The highest BCUT2D eigenvalue weighted by atomic mass is 32.2. The number of hydrogen-bond acceptors (Lipinski definition) is 5. The topological polar surface area (TPSA) is 90.9 Å². The molecule has 2 atom stereocenters. The Bertz CT molecular complexity index is 537. The molecule has 1 aromatic heterocycles. The van der Waals surface area contributed by atoms with E-state index >= 15 is 0 Å². The predicted molar refractivity (Wildman–Crippen MR) is 61.9 cm³/mol. The van der Waals surface area contributed by atoms with Crippen LogP contribution in [-0.4, -0.2) is 28.9 Å². The van der Waals surface area contributed by atoms with Gasteiger partial charge in [0.25, 0.3) is 0 Å². The van der Waals surface area contributed by atoms with E-state index in [9.17, 15) is 8.42 Å². The molecule has 0 aromatic carbocycles. The molecule has 0 bridgehead atoms. The second kappa shape index (κ2) is 3.78. The minimum atomic E-state index is -3.04. The monoisotopic (exact) mass is 256 g/mol. The lowest BCUT2D eigenvalue weighted by molar-refractivity contribution is 0.421. The smallest absolute Gasteiger partial charge is 0.169 e. The van der Waals surface area contributed by atoms with Gasteiger partial charge in [-0.1, -0.05) is 0 Å². The van der Waals surface area contributed by atoms with Crippen LogP contribution in [0.15, 0.2) is 0 Å². The van der Waals surface area contributed by atoms with Gasteiger partial charge in [-0.15, -0.1) is 0 Å². The van der Waals surface area contributed by atoms with Crippen LogP contribution in [0.1, 0.15) is 48.6 Å². The van der Waals surface area contributed by atoms with Crippen molar-refractivity contribution in [2.45, 2.75) is 43.5 Å². The van der Waals surface area contributed by atoms with Crippen LogP contribution >= 0.6 is 0 Å². The number of nitrogens with two attached hydrogens (primary N) is 1. The van der Waals surface area contributed by atoms with E-state index in [1.165, 1.54) is 0 Å². The molecule has 0 amide bonds. The fraction of sp³-hybridized carbons (Fsp3) is 0.800. The van der Waals surface area contributed by atoms with E-state index in [1.807, 2.05) is 0 Å². The Kier molecular flexibility index (Phi) is 2.48. The normalized spacial score (nSPS) is 31.4. The Labute approximate surface area is 100 Å². The lowest BCUT2D eigenvalue weighted by Crippen LogP contribution is -2.22. The molecule has 1 saturated heterocycles. The van der Waals surface area contributed by atoms with Crippen LogP contribution < -0.4 is 5.73 Å². The first-order valence-electron chi connectivity index (χ1n) is 6.00. The highest BCUT2D eigenvalue weighted by molar-refractivity contribution is 7.91. The van der Waals surface area contributed by atoms with Gasteiger partial charge in [0.2, 0.25) is 0 Å². The van der Waals surface area contributed by atoms with Gasteiger partial charge in [0.1, 0.15) is 11.1 Å². The highest BCUT2D eigenvalue weighted by Crippen LogP contribution is 2.34. The summed E-state index contributed by atoms with van der Waals surface area (Å²) in [5.74, 6) is 1.45. The largest absolute Gasteiger partial charge is 0.321 e. The third kappa shape index (κ3) is 1.77. The summed E-state index contributed by atoms with van der Waals surface area (Å²) in [4.78, 5) is 4.36. The van der Waals surface area contributed by atoms with Crippen LogP contribution in [-0.2, 0) is 16.4 Å².